The lowest BCUT2D eigenvalue weighted by atomic mass is 10.2. The summed E-state index contributed by atoms with van der Waals surface area (Å²) < 4.78 is 16.0. The molecule has 110 valence electrons. The highest BCUT2D eigenvalue weighted by atomic mass is 16.5. The molecule has 0 unspecified atom stereocenters. The maximum absolute atomic E-state index is 11.9. The van der Waals surface area contributed by atoms with Crippen LogP contribution in [0.5, 0.6) is 5.88 Å². The van der Waals surface area contributed by atoms with Crippen LogP contribution in [0.1, 0.15) is 22.5 Å². The van der Waals surface area contributed by atoms with Crippen LogP contribution in [0.2, 0.25) is 0 Å². The molecule has 1 saturated heterocycles. The molecule has 0 bridgehead atoms. The molecule has 1 atom stereocenters. The molecule has 1 fully saturated rings. The third kappa shape index (κ3) is 3.61. The number of nitrogens with zero attached hydrogens (tertiary/aromatic N) is 1. The topological polar surface area (TPSA) is 73.6 Å². The van der Waals surface area contributed by atoms with E-state index in [1.54, 1.807) is 30.5 Å². The Kier molecular flexibility index (Phi) is 4.16. The summed E-state index contributed by atoms with van der Waals surface area (Å²) in [7, 11) is 0. The lowest BCUT2D eigenvalue weighted by molar-refractivity contribution is 0.0947. The van der Waals surface area contributed by atoms with E-state index in [2.05, 4.69) is 10.3 Å². The van der Waals surface area contributed by atoms with Crippen LogP contribution in [-0.4, -0.2) is 30.2 Å². The molecular weight excluding hydrogens is 272 g/mol. The third-order valence-corrected chi connectivity index (χ3v) is 3.18. The van der Waals surface area contributed by atoms with Gasteiger partial charge in [0.1, 0.15) is 11.9 Å². The Morgan fingerprint density at radius 1 is 1.43 bits per heavy atom. The van der Waals surface area contributed by atoms with Gasteiger partial charge < -0.3 is 19.2 Å². The van der Waals surface area contributed by atoms with Gasteiger partial charge in [-0.2, -0.15) is 0 Å². The van der Waals surface area contributed by atoms with Crippen LogP contribution in [0.25, 0.3) is 0 Å². The van der Waals surface area contributed by atoms with E-state index in [9.17, 15) is 4.79 Å². The second kappa shape index (κ2) is 6.41. The molecule has 6 nitrogen and oxygen atoms in total. The van der Waals surface area contributed by atoms with Gasteiger partial charge in [-0.1, -0.05) is 0 Å². The third-order valence-electron chi connectivity index (χ3n) is 3.18. The fourth-order valence-electron chi connectivity index (χ4n) is 2.04. The second-order valence-corrected chi connectivity index (χ2v) is 4.75. The first-order valence-electron chi connectivity index (χ1n) is 6.82. The monoisotopic (exact) mass is 288 g/mol. The minimum absolute atomic E-state index is 0.0520. The Balaban J connectivity index is 1.54. The number of furan rings is 1. The molecule has 6 heteroatoms. The van der Waals surface area contributed by atoms with Crippen LogP contribution in [0.15, 0.2) is 41.1 Å². The molecule has 21 heavy (non-hydrogen) atoms. The zero-order valence-electron chi connectivity index (χ0n) is 11.5. The number of nitrogens with one attached hydrogen (secondary N) is 1. The Morgan fingerprint density at radius 3 is 3.05 bits per heavy atom. The molecule has 3 heterocycles. The first kappa shape index (κ1) is 13.6. The number of aromatic nitrogens is 1. The number of amides is 1. The summed E-state index contributed by atoms with van der Waals surface area (Å²) in [6.45, 7) is 1.66. The van der Waals surface area contributed by atoms with E-state index >= 15 is 0 Å². The first-order valence-corrected chi connectivity index (χ1v) is 6.82. The van der Waals surface area contributed by atoms with Crippen LogP contribution in [-0.2, 0) is 11.3 Å². The Labute approximate surface area is 122 Å². The van der Waals surface area contributed by atoms with Gasteiger partial charge in [-0.25, -0.2) is 4.98 Å². The van der Waals surface area contributed by atoms with Crippen LogP contribution in [0, 0.1) is 0 Å². The van der Waals surface area contributed by atoms with E-state index in [1.807, 2.05) is 0 Å². The van der Waals surface area contributed by atoms with Crippen molar-refractivity contribution >= 4 is 5.91 Å². The molecule has 1 aliphatic heterocycles. The van der Waals surface area contributed by atoms with E-state index in [0.717, 1.165) is 13.0 Å². The molecular formula is C15H16N2O4. The van der Waals surface area contributed by atoms with Gasteiger partial charge >= 0.3 is 0 Å². The molecule has 3 rings (SSSR count). The smallest absolute Gasteiger partial charge is 0.253 e. The van der Waals surface area contributed by atoms with Gasteiger partial charge in [-0.3, -0.25) is 4.79 Å². The lowest BCUT2D eigenvalue weighted by Gasteiger charge is -2.10. The summed E-state index contributed by atoms with van der Waals surface area (Å²) in [6.07, 6.45) is 3.99. The standard InChI is InChI=1S/C15H16N2O4/c18-15(17-9-12-2-1-6-20-12)11-3-4-14(16-8-11)21-13-5-7-19-10-13/h1-4,6,8,13H,5,7,9-10H2,(H,17,18)/t13-/m0/s1. The second-order valence-electron chi connectivity index (χ2n) is 4.75. The fourth-order valence-corrected chi connectivity index (χ4v) is 2.04. The molecule has 0 aromatic carbocycles. The van der Waals surface area contributed by atoms with E-state index in [-0.39, 0.29) is 12.0 Å². The van der Waals surface area contributed by atoms with E-state index in [4.69, 9.17) is 13.9 Å². The molecule has 1 aliphatic rings. The lowest BCUT2D eigenvalue weighted by Crippen LogP contribution is -2.23. The summed E-state index contributed by atoms with van der Waals surface area (Å²) in [6, 6.07) is 6.97. The number of carbonyl (C=O) groups is 1. The first-order chi connectivity index (χ1) is 10.3. The highest BCUT2D eigenvalue weighted by molar-refractivity contribution is 5.93. The van der Waals surface area contributed by atoms with Crippen LogP contribution in [0.4, 0.5) is 0 Å². The number of ether oxygens (including phenoxy) is 2. The summed E-state index contributed by atoms with van der Waals surface area (Å²) in [5.74, 6) is 1.01. The largest absolute Gasteiger partial charge is 0.472 e. The van der Waals surface area contributed by atoms with Crippen molar-refractivity contribution in [3.8, 4) is 5.88 Å². The maximum Gasteiger partial charge on any atom is 0.253 e. The zero-order chi connectivity index (χ0) is 14.5. The molecule has 0 radical (unpaired) electrons. The zero-order valence-corrected chi connectivity index (χ0v) is 11.5. The van der Waals surface area contributed by atoms with Crippen LogP contribution < -0.4 is 10.1 Å². The average molecular weight is 288 g/mol. The molecule has 0 aliphatic carbocycles. The van der Waals surface area contributed by atoms with E-state index in [1.165, 1.54) is 6.20 Å². The number of rotatable bonds is 5. The average Bonchev–Trinajstić information content (AvgIpc) is 3.19. The molecule has 2 aromatic heterocycles. The van der Waals surface area contributed by atoms with Gasteiger partial charge in [0.05, 0.1) is 31.6 Å². The van der Waals surface area contributed by atoms with Gasteiger partial charge in [-0.15, -0.1) is 0 Å². The predicted octanol–water partition coefficient (Wildman–Crippen LogP) is 1.77. The fraction of sp³-hybridized carbons (Fsp3) is 0.333. The summed E-state index contributed by atoms with van der Waals surface area (Å²) >= 11 is 0. The Morgan fingerprint density at radius 2 is 2.38 bits per heavy atom. The molecule has 1 amide bonds. The van der Waals surface area contributed by atoms with Crippen molar-refractivity contribution < 1.29 is 18.7 Å². The van der Waals surface area contributed by atoms with E-state index < -0.39 is 0 Å². The Hall–Kier alpha value is -2.34. The molecule has 1 N–H and O–H groups in total. The Bertz CT molecular complexity index is 574. The number of pyridine rings is 1. The van der Waals surface area contributed by atoms with Crippen molar-refractivity contribution in [2.24, 2.45) is 0 Å². The van der Waals surface area contributed by atoms with Gasteiger partial charge in [0.25, 0.3) is 5.91 Å². The van der Waals surface area contributed by atoms with Gasteiger partial charge in [0.2, 0.25) is 5.88 Å². The van der Waals surface area contributed by atoms with Gasteiger partial charge in [0.15, 0.2) is 0 Å². The molecule has 0 spiro atoms. The SMILES string of the molecule is O=C(NCc1ccco1)c1ccc(O[C@H]2CCOC2)nc1. The minimum Gasteiger partial charge on any atom is -0.472 e. The van der Waals surface area contributed by atoms with Crippen LogP contribution in [0.3, 0.4) is 0 Å². The predicted molar refractivity (Wildman–Crippen MR) is 74.0 cm³/mol. The normalized spacial score (nSPS) is 17.6. The molecule has 0 saturated carbocycles. The summed E-state index contributed by atoms with van der Waals surface area (Å²) in [5, 5.41) is 2.76. The van der Waals surface area contributed by atoms with Crippen molar-refractivity contribution in [2.45, 2.75) is 19.1 Å². The van der Waals surface area contributed by atoms with Crippen molar-refractivity contribution in [3.63, 3.8) is 0 Å². The van der Waals surface area contributed by atoms with Crippen LogP contribution >= 0.6 is 0 Å². The van der Waals surface area contributed by atoms with Crippen molar-refractivity contribution in [1.82, 2.24) is 10.3 Å². The highest BCUT2D eigenvalue weighted by Crippen LogP contribution is 2.14. The summed E-state index contributed by atoms with van der Waals surface area (Å²) in [4.78, 5) is 16.1. The number of hydrogen-bond donors (Lipinski definition) is 1. The quantitative estimate of drug-likeness (QED) is 0.907. The number of hydrogen-bond acceptors (Lipinski definition) is 5. The minimum atomic E-state index is -0.199. The number of carbonyl (C=O) groups excluding carboxylic acids is 1. The van der Waals surface area contributed by atoms with Crippen molar-refractivity contribution in [2.75, 3.05) is 13.2 Å². The van der Waals surface area contributed by atoms with E-state index in [0.29, 0.717) is 30.4 Å². The maximum atomic E-state index is 11.9. The van der Waals surface area contributed by atoms with Gasteiger partial charge in [-0.05, 0) is 18.2 Å². The van der Waals surface area contributed by atoms with Crippen molar-refractivity contribution in [1.29, 1.82) is 0 Å². The van der Waals surface area contributed by atoms with Gasteiger partial charge in [0, 0.05) is 18.7 Å². The molecule has 2 aromatic rings. The van der Waals surface area contributed by atoms with Crippen molar-refractivity contribution in [3.05, 3.63) is 48.0 Å². The highest BCUT2D eigenvalue weighted by Gasteiger charge is 2.17. The summed E-state index contributed by atoms with van der Waals surface area (Å²) in [5.41, 5.74) is 0.483.